The Morgan fingerprint density at radius 2 is 1.91 bits per heavy atom. The minimum absolute atomic E-state index is 0.0462. The van der Waals surface area contributed by atoms with Crippen molar-refractivity contribution in [3.05, 3.63) is 40.4 Å². The highest BCUT2D eigenvalue weighted by Gasteiger charge is 2.13. The van der Waals surface area contributed by atoms with Crippen molar-refractivity contribution < 1.29 is 9.84 Å². The van der Waals surface area contributed by atoms with Gasteiger partial charge < -0.3 is 14.8 Å². The van der Waals surface area contributed by atoms with Crippen LogP contribution in [0.2, 0.25) is 5.02 Å². The first kappa shape index (κ1) is 14.7. The van der Waals surface area contributed by atoms with Gasteiger partial charge in [0, 0.05) is 5.56 Å². The molecule has 0 saturated heterocycles. The van der Waals surface area contributed by atoms with Crippen molar-refractivity contribution in [2.75, 3.05) is 6.61 Å². The van der Waals surface area contributed by atoms with Crippen LogP contribution in [-0.4, -0.2) is 21.7 Å². The summed E-state index contributed by atoms with van der Waals surface area (Å²) in [5.41, 5.74) is 5.06. The van der Waals surface area contributed by atoms with Gasteiger partial charge >= 0.3 is 0 Å². The number of aryl methyl sites for hydroxylation is 2. The number of nitrogens with one attached hydrogen (secondary N) is 1. The molecule has 0 spiro atoms. The Kier molecular flexibility index (Phi) is 3.71. The van der Waals surface area contributed by atoms with Gasteiger partial charge in [0.2, 0.25) is 0 Å². The molecule has 0 aliphatic heterocycles. The molecule has 0 aliphatic rings. The Hall–Kier alpha value is -2.20. The largest absolute Gasteiger partial charge is 0.503 e. The summed E-state index contributed by atoms with van der Waals surface area (Å²) in [5.74, 6) is 1.01. The van der Waals surface area contributed by atoms with E-state index in [0.717, 1.165) is 16.6 Å². The number of rotatable bonds is 3. The second-order valence-corrected chi connectivity index (χ2v) is 5.68. The van der Waals surface area contributed by atoms with Gasteiger partial charge in [-0.3, -0.25) is 0 Å². The summed E-state index contributed by atoms with van der Waals surface area (Å²) in [5, 5.41) is 10.2. The number of benzene rings is 2. The fourth-order valence-electron chi connectivity index (χ4n) is 2.38. The maximum atomic E-state index is 9.93. The van der Waals surface area contributed by atoms with Crippen molar-refractivity contribution in [1.29, 1.82) is 0 Å². The number of imidazole rings is 1. The molecule has 0 radical (unpaired) electrons. The van der Waals surface area contributed by atoms with Crippen molar-refractivity contribution in [1.82, 2.24) is 9.97 Å². The maximum absolute atomic E-state index is 9.93. The smallest absolute Gasteiger partial charge is 0.176 e. The first-order valence-electron chi connectivity index (χ1n) is 7.12. The molecule has 0 fully saturated rings. The quantitative estimate of drug-likeness (QED) is 0.742. The molecule has 0 bridgehead atoms. The molecule has 0 saturated carbocycles. The summed E-state index contributed by atoms with van der Waals surface area (Å²) in [6.07, 6.45) is 0. The van der Waals surface area contributed by atoms with Crippen LogP contribution in [0.3, 0.4) is 0 Å². The zero-order valence-electron chi connectivity index (χ0n) is 12.7. The van der Waals surface area contributed by atoms with Crippen LogP contribution >= 0.6 is 11.6 Å². The van der Waals surface area contributed by atoms with E-state index in [2.05, 4.69) is 35.9 Å². The first-order chi connectivity index (χ1) is 10.5. The SMILES string of the molecule is CCOc1cc(-c2nc3cc(C)c(C)cc3[nH]2)cc(Cl)c1O. The van der Waals surface area contributed by atoms with E-state index in [9.17, 15) is 5.11 Å². The van der Waals surface area contributed by atoms with Crippen LogP contribution in [0.1, 0.15) is 18.1 Å². The standard InChI is InChI=1S/C17H17ClN2O2/c1-4-22-15-8-11(7-12(18)16(15)21)17-19-13-5-9(2)10(3)6-14(13)20-17/h5-8,21H,4H2,1-3H3,(H,19,20). The molecule has 1 aromatic heterocycles. The van der Waals surface area contributed by atoms with Crippen LogP contribution in [0.4, 0.5) is 0 Å². The van der Waals surface area contributed by atoms with E-state index in [1.54, 1.807) is 12.1 Å². The number of ether oxygens (including phenoxy) is 1. The highest BCUT2D eigenvalue weighted by Crippen LogP contribution is 2.38. The van der Waals surface area contributed by atoms with E-state index in [4.69, 9.17) is 16.3 Å². The van der Waals surface area contributed by atoms with Gasteiger partial charge in [0.1, 0.15) is 5.82 Å². The second-order valence-electron chi connectivity index (χ2n) is 5.28. The number of hydrogen-bond acceptors (Lipinski definition) is 3. The monoisotopic (exact) mass is 316 g/mol. The van der Waals surface area contributed by atoms with E-state index in [-0.39, 0.29) is 10.8 Å². The van der Waals surface area contributed by atoms with Crippen LogP contribution in [-0.2, 0) is 0 Å². The van der Waals surface area contributed by atoms with Crippen LogP contribution in [0, 0.1) is 13.8 Å². The van der Waals surface area contributed by atoms with E-state index in [1.807, 2.05) is 6.92 Å². The van der Waals surface area contributed by atoms with Gasteiger partial charge in [-0.15, -0.1) is 0 Å². The van der Waals surface area contributed by atoms with Gasteiger partial charge in [-0.05, 0) is 56.2 Å². The van der Waals surface area contributed by atoms with Gasteiger partial charge in [0.05, 0.1) is 22.7 Å². The number of fused-ring (bicyclic) bond motifs is 1. The minimum atomic E-state index is -0.0462. The third-order valence-corrected chi connectivity index (χ3v) is 3.99. The summed E-state index contributed by atoms with van der Waals surface area (Å²) < 4.78 is 5.42. The van der Waals surface area contributed by atoms with Crippen LogP contribution in [0.5, 0.6) is 11.5 Å². The average Bonchev–Trinajstić information content (AvgIpc) is 2.87. The zero-order chi connectivity index (χ0) is 15.9. The van der Waals surface area contributed by atoms with Crippen molar-refractivity contribution >= 4 is 22.6 Å². The molecule has 2 N–H and O–H groups in total. The Labute approximate surface area is 133 Å². The van der Waals surface area contributed by atoms with Crippen LogP contribution in [0.25, 0.3) is 22.4 Å². The van der Waals surface area contributed by atoms with Gasteiger partial charge in [-0.25, -0.2) is 4.98 Å². The highest BCUT2D eigenvalue weighted by molar-refractivity contribution is 6.32. The number of phenols is 1. The van der Waals surface area contributed by atoms with E-state index >= 15 is 0 Å². The molecular weight excluding hydrogens is 300 g/mol. The number of nitrogens with zero attached hydrogens (tertiary/aromatic N) is 1. The summed E-state index contributed by atoms with van der Waals surface area (Å²) in [6.45, 7) is 6.44. The lowest BCUT2D eigenvalue weighted by atomic mass is 10.1. The van der Waals surface area contributed by atoms with Crippen molar-refractivity contribution in [3.8, 4) is 22.9 Å². The van der Waals surface area contributed by atoms with Crippen molar-refractivity contribution in [2.45, 2.75) is 20.8 Å². The fraction of sp³-hybridized carbons (Fsp3) is 0.235. The number of aromatic amines is 1. The van der Waals surface area contributed by atoms with E-state index in [0.29, 0.717) is 18.2 Å². The fourth-order valence-corrected chi connectivity index (χ4v) is 2.59. The first-order valence-corrected chi connectivity index (χ1v) is 7.50. The molecule has 0 aliphatic carbocycles. The molecule has 114 valence electrons. The highest BCUT2D eigenvalue weighted by atomic mass is 35.5. The van der Waals surface area contributed by atoms with Crippen LogP contribution < -0.4 is 4.74 Å². The molecule has 4 nitrogen and oxygen atoms in total. The zero-order valence-corrected chi connectivity index (χ0v) is 13.5. The molecule has 3 aromatic rings. The number of H-pyrrole nitrogens is 1. The van der Waals surface area contributed by atoms with Crippen molar-refractivity contribution in [3.63, 3.8) is 0 Å². The third kappa shape index (κ3) is 2.50. The molecule has 2 aromatic carbocycles. The summed E-state index contributed by atoms with van der Waals surface area (Å²) in [6, 6.07) is 7.54. The molecule has 5 heteroatoms. The molecule has 0 unspecified atom stereocenters. The van der Waals surface area contributed by atoms with E-state index in [1.165, 1.54) is 11.1 Å². The van der Waals surface area contributed by atoms with Crippen LogP contribution in [0.15, 0.2) is 24.3 Å². The number of aromatic hydroxyl groups is 1. The topological polar surface area (TPSA) is 58.1 Å². The maximum Gasteiger partial charge on any atom is 0.176 e. The number of phenolic OH excluding ortho intramolecular Hbond substituents is 1. The number of halogens is 1. The Balaban J connectivity index is 2.14. The summed E-state index contributed by atoms with van der Waals surface area (Å²) in [7, 11) is 0. The molecule has 22 heavy (non-hydrogen) atoms. The number of hydrogen-bond donors (Lipinski definition) is 2. The Morgan fingerprint density at radius 1 is 1.18 bits per heavy atom. The predicted octanol–water partition coefficient (Wildman–Crippen LogP) is 4.60. The second kappa shape index (κ2) is 5.54. The predicted molar refractivity (Wildman–Crippen MR) is 88.8 cm³/mol. The lowest BCUT2D eigenvalue weighted by Crippen LogP contribution is -1.93. The van der Waals surface area contributed by atoms with Gasteiger partial charge in [0.25, 0.3) is 0 Å². The van der Waals surface area contributed by atoms with E-state index < -0.39 is 0 Å². The molecular formula is C17H17ClN2O2. The molecule has 0 atom stereocenters. The Morgan fingerprint density at radius 3 is 2.64 bits per heavy atom. The van der Waals surface area contributed by atoms with Gasteiger partial charge in [0.15, 0.2) is 11.5 Å². The van der Waals surface area contributed by atoms with Gasteiger partial charge in [-0.1, -0.05) is 11.6 Å². The summed E-state index contributed by atoms with van der Waals surface area (Å²) >= 11 is 6.08. The third-order valence-electron chi connectivity index (χ3n) is 3.70. The van der Waals surface area contributed by atoms with Gasteiger partial charge in [-0.2, -0.15) is 0 Å². The molecule has 1 heterocycles. The average molecular weight is 317 g/mol. The lowest BCUT2D eigenvalue weighted by Gasteiger charge is -2.08. The van der Waals surface area contributed by atoms with Crippen molar-refractivity contribution in [2.24, 2.45) is 0 Å². The Bertz CT molecular complexity index is 816. The molecule has 3 rings (SSSR count). The molecule has 0 amide bonds. The lowest BCUT2D eigenvalue weighted by molar-refractivity contribution is 0.318. The normalized spacial score (nSPS) is 11.1. The minimum Gasteiger partial charge on any atom is -0.503 e. The summed E-state index contributed by atoms with van der Waals surface area (Å²) in [4.78, 5) is 7.89. The number of aromatic nitrogens is 2.